The Morgan fingerprint density at radius 3 is 2.26 bits per heavy atom. The predicted molar refractivity (Wildman–Crippen MR) is 106 cm³/mol. The van der Waals surface area contributed by atoms with Crippen molar-refractivity contribution in [2.45, 2.75) is 64.1 Å². The molecule has 1 aromatic rings. The van der Waals surface area contributed by atoms with E-state index in [9.17, 15) is 9.59 Å². The third-order valence-electron chi connectivity index (χ3n) is 6.58. The number of amides is 1. The van der Waals surface area contributed by atoms with Crippen LogP contribution in [0.4, 0.5) is 0 Å². The molecule has 3 aliphatic rings. The normalized spacial score (nSPS) is 22.2. The number of fused-ring (bicyclic) bond motifs is 1. The van der Waals surface area contributed by atoms with Gasteiger partial charge < -0.3 is 10.6 Å². The van der Waals surface area contributed by atoms with Gasteiger partial charge in [0.15, 0.2) is 0 Å². The average molecular weight is 367 g/mol. The highest BCUT2D eigenvalue weighted by Gasteiger charge is 2.34. The van der Waals surface area contributed by atoms with Crippen LogP contribution >= 0.6 is 0 Å². The lowest BCUT2D eigenvalue weighted by molar-refractivity contribution is -0.126. The molecule has 1 aliphatic heterocycles. The lowest BCUT2D eigenvalue weighted by Gasteiger charge is -2.20. The fourth-order valence-electron chi connectivity index (χ4n) is 4.66. The monoisotopic (exact) mass is 366 g/mol. The summed E-state index contributed by atoms with van der Waals surface area (Å²) in [5.74, 6) is 1.31. The summed E-state index contributed by atoms with van der Waals surface area (Å²) >= 11 is 0. The lowest BCUT2D eigenvalue weighted by Crippen LogP contribution is -2.38. The van der Waals surface area contributed by atoms with Crippen molar-refractivity contribution in [1.82, 2.24) is 4.90 Å². The number of hydrogen-bond donors (Lipinski definition) is 1. The molecule has 27 heavy (non-hydrogen) atoms. The van der Waals surface area contributed by atoms with Crippen LogP contribution in [0.1, 0.15) is 56.1 Å². The number of benzene rings is 1. The molecule has 0 spiro atoms. The topological polar surface area (TPSA) is 63.4 Å². The van der Waals surface area contributed by atoms with Crippen LogP contribution in [-0.4, -0.2) is 22.6 Å². The first kappa shape index (κ1) is 18.4. The molecule has 1 amide bonds. The van der Waals surface area contributed by atoms with Gasteiger partial charge in [-0.1, -0.05) is 43.2 Å². The first-order valence-corrected chi connectivity index (χ1v) is 10.4. The van der Waals surface area contributed by atoms with E-state index in [1.54, 1.807) is 6.08 Å². The maximum absolute atomic E-state index is 12.7. The minimum atomic E-state index is -0.314. The Hall–Kier alpha value is -1.94. The van der Waals surface area contributed by atoms with E-state index in [4.69, 9.17) is 5.73 Å². The van der Waals surface area contributed by atoms with Crippen LogP contribution in [0.25, 0.3) is 0 Å². The van der Waals surface area contributed by atoms with Crippen molar-refractivity contribution in [3.8, 4) is 0 Å². The number of nitrogens with zero attached hydrogens (tertiary/aromatic N) is 1. The Morgan fingerprint density at radius 1 is 1.04 bits per heavy atom. The third-order valence-corrected chi connectivity index (χ3v) is 6.58. The van der Waals surface area contributed by atoms with Gasteiger partial charge in [0.25, 0.3) is 0 Å². The van der Waals surface area contributed by atoms with E-state index >= 15 is 0 Å². The summed E-state index contributed by atoms with van der Waals surface area (Å²) in [4.78, 5) is 27.2. The van der Waals surface area contributed by atoms with Crippen LogP contribution in [0.15, 0.2) is 36.4 Å². The molecule has 2 aliphatic carbocycles. The summed E-state index contributed by atoms with van der Waals surface area (Å²) in [6, 6.07) is 7.90. The van der Waals surface area contributed by atoms with Gasteiger partial charge in [0.2, 0.25) is 5.91 Å². The van der Waals surface area contributed by atoms with Gasteiger partial charge in [-0.25, -0.2) is 0 Å². The molecular formula is C23H30N2O2. The molecule has 2 fully saturated rings. The van der Waals surface area contributed by atoms with Crippen molar-refractivity contribution in [3.05, 3.63) is 47.5 Å². The fraction of sp³-hybridized carbons (Fsp3) is 0.565. The molecule has 1 heterocycles. The van der Waals surface area contributed by atoms with Crippen molar-refractivity contribution < 1.29 is 9.59 Å². The highest BCUT2D eigenvalue weighted by molar-refractivity contribution is 5.88. The molecule has 2 saturated carbocycles. The van der Waals surface area contributed by atoms with Gasteiger partial charge in [-0.2, -0.15) is 0 Å². The number of carbonyl (C=O) groups is 2. The zero-order valence-electron chi connectivity index (χ0n) is 16.0. The molecule has 0 saturated heterocycles. The second-order valence-electron chi connectivity index (χ2n) is 8.56. The van der Waals surface area contributed by atoms with E-state index in [1.165, 1.54) is 24.0 Å². The lowest BCUT2D eigenvalue weighted by atomic mass is 9.88. The van der Waals surface area contributed by atoms with Crippen molar-refractivity contribution >= 4 is 11.7 Å². The smallest absolute Gasteiger partial charge is 0.246 e. The number of carbonyl (C=O) groups excluding carboxylic acids is 2. The number of nitrogens with two attached hydrogens (primary N) is 1. The Balaban J connectivity index is 1.34. The molecule has 2 atom stereocenters. The Bertz CT molecular complexity index is 707. The Kier molecular flexibility index (Phi) is 5.44. The zero-order valence-corrected chi connectivity index (χ0v) is 16.0. The Labute approximate surface area is 161 Å². The summed E-state index contributed by atoms with van der Waals surface area (Å²) < 4.78 is 0. The van der Waals surface area contributed by atoms with Crippen molar-refractivity contribution in [3.63, 3.8) is 0 Å². The molecule has 4 rings (SSSR count). The number of hydrogen-bond acceptors (Lipinski definition) is 3. The van der Waals surface area contributed by atoms with Crippen LogP contribution in [-0.2, 0) is 22.7 Å². The second kappa shape index (κ2) is 7.97. The minimum Gasteiger partial charge on any atom is -0.330 e. The summed E-state index contributed by atoms with van der Waals surface area (Å²) in [5.41, 5.74) is 8.71. The maximum atomic E-state index is 12.7. The highest BCUT2D eigenvalue weighted by atomic mass is 16.2. The van der Waals surface area contributed by atoms with Crippen molar-refractivity contribution in [2.75, 3.05) is 0 Å². The van der Waals surface area contributed by atoms with Crippen molar-refractivity contribution in [1.29, 1.82) is 0 Å². The van der Waals surface area contributed by atoms with Crippen LogP contribution in [0.5, 0.6) is 0 Å². The van der Waals surface area contributed by atoms with E-state index in [0.717, 1.165) is 25.7 Å². The van der Waals surface area contributed by atoms with Gasteiger partial charge in [-0.15, -0.1) is 0 Å². The first-order valence-electron chi connectivity index (χ1n) is 10.4. The fourth-order valence-corrected chi connectivity index (χ4v) is 4.66. The van der Waals surface area contributed by atoms with Crippen molar-refractivity contribution in [2.24, 2.45) is 23.5 Å². The molecule has 144 valence electrons. The largest absolute Gasteiger partial charge is 0.330 e. The molecule has 4 nitrogen and oxygen atoms in total. The summed E-state index contributed by atoms with van der Waals surface area (Å²) in [5, 5.41) is 0. The molecule has 0 radical (unpaired) electrons. The molecular weight excluding hydrogens is 336 g/mol. The van der Waals surface area contributed by atoms with E-state index in [0.29, 0.717) is 31.3 Å². The molecule has 4 heteroatoms. The van der Waals surface area contributed by atoms with Gasteiger partial charge in [0.1, 0.15) is 5.78 Å². The van der Waals surface area contributed by atoms with Crippen LogP contribution in [0, 0.1) is 17.8 Å². The highest BCUT2D eigenvalue weighted by Crippen LogP contribution is 2.40. The van der Waals surface area contributed by atoms with Gasteiger partial charge in [0, 0.05) is 19.5 Å². The minimum absolute atomic E-state index is 0.0457. The van der Waals surface area contributed by atoms with Gasteiger partial charge >= 0.3 is 0 Å². The second-order valence-corrected chi connectivity index (χ2v) is 8.56. The number of allylic oxidation sites excluding steroid dienone is 1. The zero-order chi connectivity index (χ0) is 18.8. The molecule has 1 aromatic carbocycles. The Morgan fingerprint density at radius 2 is 1.67 bits per heavy atom. The van der Waals surface area contributed by atoms with Gasteiger partial charge in [0.05, 0.1) is 6.04 Å². The molecule has 2 N–H and O–H groups in total. The number of rotatable bonds is 7. The van der Waals surface area contributed by atoms with E-state index in [2.05, 4.69) is 12.1 Å². The van der Waals surface area contributed by atoms with Crippen LogP contribution in [0.2, 0.25) is 0 Å². The van der Waals surface area contributed by atoms with E-state index in [1.807, 2.05) is 23.1 Å². The van der Waals surface area contributed by atoms with Crippen LogP contribution < -0.4 is 5.73 Å². The van der Waals surface area contributed by atoms with Gasteiger partial charge in [-0.05, 0) is 60.6 Å². The first-order chi connectivity index (χ1) is 13.1. The SMILES string of the molecule is N[C@H](C(=O)C[C@H](/C=C/C(=O)N1Cc2ccccc2C1)C1CC1)C1CCCC1. The standard InChI is InChI=1S/C23H30N2O2/c24-23(17-5-1-2-6-17)21(26)13-18(16-9-10-16)11-12-22(27)25-14-19-7-3-4-8-20(19)15-25/h3-4,7-8,11-12,16-18,23H,1-2,5-6,9-10,13-15,24H2/b12-11+/t18-,23-/m0/s1. The van der Waals surface area contributed by atoms with E-state index < -0.39 is 0 Å². The summed E-state index contributed by atoms with van der Waals surface area (Å²) in [7, 11) is 0. The number of ketones is 1. The van der Waals surface area contributed by atoms with Crippen LogP contribution in [0.3, 0.4) is 0 Å². The predicted octanol–water partition coefficient (Wildman–Crippen LogP) is 3.59. The summed E-state index contributed by atoms with van der Waals surface area (Å²) in [6.07, 6.45) is 11.1. The third kappa shape index (κ3) is 4.32. The summed E-state index contributed by atoms with van der Waals surface area (Å²) in [6.45, 7) is 1.36. The molecule has 0 unspecified atom stereocenters. The molecule has 0 aromatic heterocycles. The van der Waals surface area contributed by atoms with E-state index in [-0.39, 0.29) is 23.7 Å². The maximum Gasteiger partial charge on any atom is 0.246 e. The molecule has 0 bridgehead atoms. The average Bonchev–Trinajstić information content (AvgIpc) is 3.20. The quantitative estimate of drug-likeness (QED) is 0.750. The number of Topliss-reactive ketones (excluding diaryl/α,β-unsaturated/α-hetero) is 1. The van der Waals surface area contributed by atoms with Gasteiger partial charge in [-0.3, -0.25) is 9.59 Å².